The number of nitro benzene ring substituents is 1. The molecule has 0 bridgehead atoms. The van der Waals surface area contributed by atoms with Crippen LogP contribution >= 0.6 is 0 Å². The van der Waals surface area contributed by atoms with Crippen molar-refractivity contribution in [3.8, 4) is 0 Å². The van der Waals surface area contributed by atoms with E-state index in [1.807, 2.05) is 41.2 Å². The number of benzene rings is 6. The second-order valence-corrected chi connectivity index (χ2v) is 13.5. The molecule has 7 rings (SSSR count). The summed E-state index contributed by atoms with van der Waals surface area (Å²) in [5, 5.41) is 13.1. The summed E-state index contributed by atoms with van der Waals surface area (Å²) in [5.41, 5.74) is -13.3. The Morgan fingerprint density at radius 2 is 0.708 bits per heavy atom. The van der Waals surface area contributed by atoms with E-state index in [1.54, 1.807) is 12.1 Å². The Balaban J connectivity index is 0.000000289. The normalized spacial score (nSPS) is 11.6. The van der Waals surface area contributed by atoms with Crippen molar-refractivity contribution in [2.45, 2.75) is 6.54 Å². The maximum atomic E-state index is 15.4. The molecule has 0 N–H and O–H groups in total. The van der Waals surface area contributed by atoms with Gasteiger partial charge in [0.25, 0.3) is 5.69 Å². The molecule has 0 fully saturated rings. The van der Waals surface area contributed by atoms with E-state index in [2.05, 4.69) is 12.1 Å². The van der Waals surface area contributed by atoms with Crippen LogP contribution in [0.15, 0.2) is 67.0 Å². The largest absolute Gasteiger partial charge is 0.269 e. The molecule has 4 nitrogen and oxygen atoms in total. The van der Waals surface area contributed by atoms with Gasteiger partial charge in [0.15, 0.2) is 88.7 Å². The Labute approximate surface area is 347 Å². The predicted octanol–water partition coefficient (Wildman–Crippen LogP) is 8.93. The summed E-state index contributed by atoms with van der Waals surface area (Å²) in [6.45, 7) is 0.618. The van der Waals surface area contributed by atoms with Crippen molar-refractivity contribution < 1.29 is 97.3 Å². The zero-order valence-corrected chi connectivity index (χ0v) is 30.9. The maximum Gasteiger partial charge on any atom is 0.269 e. The number of non-ortho nitro benzene ring substituents is 1. The van der Waals surface area contributed by atoms with Gasteiger partial charge in [0.05, 0.1) is 4.92 Å². The van der Waals surface area contributed by atoms with Gasteiger partial charge in [-0.2, -0.15) is 0 Å². The summed E-state index contributed by atoms with van der Waals surface area (Å²) in [4.78, 5) is 10.4. The van der Waals surface area contributed by atoms with Crippen LogP contribution in [-0.4, -0.2) is 11.1 Å². The number of hydrogen-bond acceptors (Lipinski definition) is 2. The minimum Gasteiger partial charge on any atom is -0.258 e. The maximum absolute atomic E-state index is 15.4. The first-order chi connectivity index (χ1) is 30.4. The van der Waals surface area contributed by atoms with E-state index in [-0.39, 0.29) is 10.6 Å². The number of nitrogens with zero attached hydrogens (tertiary/aromatic N) is 2. The first-order valence-electron chi connectivity index (χ1n) is 17.3. The summed E-state index contributed by atoms with van der Waals surface area (Å²) in [7, 11) is 0. The molecule has 0 saturated carbocycles. The lowest BCUT2D eigenvalue weighted by Crippen LogP contribution is -2.81. The van der Waals surface area contributed by atoms with Crippen LogP contribution in [0.4, 0.5) is 93.5 Å². The summed E-state index contributed by atoms with van der Waals surface area (Å²) < 4.78 is 296. The SMILES string of the molecule is Fc1c(F)c(F)c([B-](c2c(F)c(F)c(F)c(F)c2F)(c2c(F)c(F)c(F)c(F)c2F)c2c(F)c(F)c(F)c(F)c2F)c(F)c1F.O=[N+]([O-])c1cccc(C[n+]2ccc3ccccc3c2)c1. The predicted molar refractivity (Wildman–Crippen MR) is 186 cm³/mol. The van der Waals surface area contributed by atoms with Gasteiger partial charge in [0, 0.05) is 29.1 Å². The number of halogens is 20. The van der Waals surface area contributed by atoms with Crippen LogP contribution in [0.3, 0.4) is 0 Å². The molecule has 0 atom stereocenters. The molecule has 0 amide bonds. The van der Waals surface area contributed by atoms with Gasteiger partial charge in [-0.1, -0.05) is 30.3 Å². The van der Waals surface area contributed by atoms with Crippen LogP contribution in [0.25, 0.3) is 10.8 Å². The molecule has 0 saturated heterocycles. The lowest BCUT2D eigenvalue weighted by Gasteiger charge is -2.44. The number of rotatable bonds is 7. The topological polar surface area (TPSA) is 47.0 Å². The Hall–Kier alpha value is -7.21. The third-order valence-corrected chi connectivity index (χ3v) is 9.94. The van der Waals surface area contributed by atoms with Crippen LogP contribution in [0, 0.1) is 126 Å². The fraction of sp³-hybridized carbons (Fsp3) is 0.0250. The first-order valence-corrected chi connectivity index (χ1v) is 17.3. The van der Waals surface area contributed by atoms with E-state index in [4.69, 9.17) is 0 Å². The molecule has 0 aliphatic rings. The molecule has 1 heterocycles. The van der Waals surface area contributed by atoms with E-state index < -0.39 is 144 Å². The van der Waals surface area contributed by atoms with E-state index in [0.29, 0.717) is 6.54 Å². The summed E-state index contributed by atoms with van der Waals surface area (Å²) in [5.74, 6) is -71.4. The second-order valence-electron chi connectivity index (χ2n) is 13.5. The van der Waals surface area contributed by atoms with E-state index in [1.165, 1.54) is 11.5 Å². The number of pyridine rings is 1. The Bertz CT molecular complexity index is 2750. The van der Waals surface area contributed by atoms with Gasteiger partial charge >= 0.3 is 0 Å². The lowest BCUT2D eigenvalue weighted by atomic mass is 9.12. The minimum absolute atomic E-state index is 0.129. The molecule has 1 aromatic heterocycles. The van der Waals surface area contributed by atoms with Crippen molar-refractivity contribution in [2.75, 3.05) is 0 Å². The highest BCUT2D eigenvalue weighted by atomic mass is 19.2. The zero-order chi connectivity index (χ0) is 48.3. The molecular weight excluding hydrogens is 931 g/mol. The molecule has 6 aromatic carbocycles. The number of aromatic nitrogens is 1. The number of hydrogen-bond donors (Lipinski definition) is 0. The Morgan fingerprint density at radius 1 is 0.400 bits per heavy atom. The molecule has 0 spiro atoms. The molecule has 0 radical (unpaired) electrons. The molecule has 338 valence electrons. The van der Waals surface area contributed by atoms with Crippen molar-refractivity contribution in [3.63, 3.8) is 0 Å². The van der Waals surface area contributed by atoms with Crippen LogP contribution in [-0.2, 0) is 6.54 Å². The van der Waals surface area contributed by atoms with Crippen molar-refractivity contribution >= 4 is 44.5 Å². The van der Waals surface area contributed by atoms with Gasteiger partial charge in [-0.15, -0.1) is 21.9 Å². The van der Waals surface area contributed by atoms with E-state index >= 15 is 35.1 Å². The van der Waals surface area contributed by atoms with Crippen LogP contribution < -0.4 is 26.4 Å². The zero-order valence-electron chi connectivity index (χ0n) is 30.9. The molecule has 65 heavy (non-hydrogen) atoms. The van der Waals surface area contributed by atoms with Crippen LogP contribution in [0.5, 0.6) is 0 Å². The van der Waals surface area contributed by atoms with Crippen LogP contribution in [0.1, 0.15) is 5.56 Å². The number of nitro groups is 1. The first kappa shape index (κ1) is 47.3. The summed E-state index contributed by atoms with van der Waals surface area (Å²) in [6, 6.07) is 16.9. The van der Waals surface area contributed by atoms with Gasteiger partial charge < -0.3 is 0 Å². The van der Waals surface area contributed by atoms with E-state index in [0.717, 1.165) is 10.9 Å². The molecule has 0 unspecified atom stereocenters. The van der Waals surface area contributed by atoms with Crippen molar-refractivity contribution in [2.24, 2.45) is 0 Å². The molecule has 25 heteroatoms. The monoisotopic (exact) mass is 944 g/mol. The van der Waals surface area contributed by atoms with Crippen molar-refractivity contribution in [1.82, 2.24) is 0 Å². The molecule has 0 aliphatic heterocycles. The fourth-order valence-corrected chi connectivity index (χ4v) is 7.13. The summed E-state index contributed by atoms with van der Waals surface area (Å²) in [6.07, 6.45) is -3.18. The van der Waals surface area contributed by atoms with Gasteiger partial charge in [-0.05, 0) is 11.5 Å². The Kier molecular flexibility index (Phi) is 12.7. The van der Waals surface area contributed by atoms with E-state index in [9.17, 15) is 62.8 Å². The minimum atomic E-state index is -7.22. The third-order valence-electron chi connectivity index (χ3n) is 9.94. The third kappa shape index (κ3) is 7.50. The second kappa shape index (κ2) is 17.4. The highest BCUT2D eigenvalue weighted by molar-refractivity contribution is 7.20. The fourth-order valence-electron chi connectivity index (χ4n) is 7.13. The van der Waals surface area contributed by atoms with Gasteiger partial charge in [-0.25, -0.2) is 92.4 Å². The van der Waals surface area contributed by atoms with Crippen molar-refractivity contribution in [1.29, 1.82) is 0 Å². The molecular formula is C40H13BF20N2O2. The van der Waals surface area contributed by atoms with Crippen molar-refractivity contribution in [3.05, 3.63) is 199 Å². The highest BCUT2D eigenvalue weighted by Gasteiger charge is 2.52. The quantitative estimate of drug-likeness (QED) is 0.0305. The highest BCUT2D eigenvalue weighted by Crippen LogP contribution is 2.31. The standard InChI is InChI=1S/C24BF20.C16H13N2O2/c26-5-1(6(27)14(35)21(42)13(5)34)25(2-7(28)15(36)22(43)16(37)8(2)29,3-9(30)17(38)23(44)18(39)10(3)31)4-11(32)19(40)24(45)20(41)12(4)33;19-18(20)16-7-3-4-13(10-16)11-17-9-8-14-5-1-2-6-15(14)12-17/h;1-10,12H,11H2/q-1;+1. The average molecular weight is 944 g/mol. The van der Waals surface area contributed by atoms with Gasteiger partial charge in [-0.3, -0.25) is 10.1 Å². The summed E-state index contributed by atoms with van der Waals surface area (Å²) >= 11 is 0. The van der Waals surface area contributed by atoms with Gasteiger partial charge in [0.2, 0.25) is 0 Å². The Morgan fingerprint density at radius 3 is 1.03 bits per heavy atom. The number of fused-ring (bicyclic) bond motifs is 1. The lowest BCUT2D eigenvalue weighted by molar-refractivity contribution is -0.687. The molecule has 0 aliphatic carbocycles. The smallest absolute Gasteiger partial charge is 0.258 e. The molecule has 7 aromatic rings. The van der Waals surface area contributed by atoms with Crippen LogP contribution in [0.2, 0.25) is 0 Å². The van der Waals surface area contributed by atoms with Gasteiger partial charge in [0.1, 0.15) is 52.7 Å². The average Bonchev–Trinajstić information content (AvgIpc) is 3.29.